The lowest BCUT2D eigenvalue weighted by Crippen LogP contribution is -2.33. The fourth-order valence-electron chi connectivity index (χ4n) is 3.01. The topological polar surface area (TPSA) is 63.3 Å². The Labute approximate surface area is 141 Å². The van der Waals surface area contributed by atoms with Crippen LogP contribution in [0.5, 0.6) is 0 Å². The van der Waals surface area contributed by atoms with Crippen molar-refractivity contribution >= 4 is 5.91 Å². The van der Waals surface area contributed by atoms with Crippen molar-refractivity contribution in [2.24, 2.45) is 11.7 Å². The first-order valence-electron chi connectivity index (χ1n) is 9.16. The van der Waals surface area contributed by atoms with Gasteiger partial charge in [0.15, 0.2) is 0 Å². The quantitative estimate of drug-likeness (QED) is 0.535. The Bertz CT molecular complexity index is 419. The molecule has 130 valence electrons. The number of nitrogens with two attached hydrogens (primary N) is 1. The van der Waals surface area contributed by atoms with Crippen LogP contribution in [0.2, 0.25) is 0 Å². The maximum atomic E-state index is 11.6. The van der Waals surface area contributed by atoms with Crippen LogP contribution in [0.4, 0.5) is 0 Å². The molecule has 0 aliphatic carbocycles. The normalized spacial score (nSPS) is 13.7. The molecule has 2 unspecified atom stereocenters. The number of primary amides is 1. The summed E-state index contributed by atoms with van der Waals surface area (Å²) in [4.78, 5) is 11.6. The number of hydrogen-bond acceptors (Lipinski definition) is 2. The Morgan fingerprint density at radius 3 is 2.22 bits per heavy atom. The average molecular weight is 319 g/mol. The molecule has 0 aliphatic rings. The zero-order valence-corrected chi connectivity index (χ0v) is 14.5. The van der Waals surface area contributed by atoms with Crippen LogP contribution in [-0.2, 0) is 11.2 Å². The Kier molecular flexibility index (Phi) is 10.4. The van der Waals surface area contributed by atoms with E-state index in [2.05, 4.69) is 6.92 Å². The Morgan fingerprint density at radius 2 is 1.61 bits per heavy atom. The summed E-state index contributed by atoms with van der Waals surface area (Å²) in [6.45, 7) is 2.22. The highest BCUT2D eigenvalue weighted by Gasteiger charge is 2.23. The van der Waals surface area contributed by atoms with Gasteiger partial charge in [-0.1, -0.05) is 82.2 Å². The number of hydrogen-bond donors (Lipinski definition) is 2. The van der Waals surface area contributed by atoms with Gasteiger partial charge in [-0.2, -0.15) is 0 Å². The molecule has 3 N–H and O–H groups in total. The first-order valence-corrected chi connectivity index (χ1v) is 9.16. The maximum Gasteiger partial charge on any atom is 0.223 e. The summed E-state index contributed by atoms with van der Waals surface area (Å²) in [5.41, 5.74) is 6.67. The minimum absolute atomic E-state index is 0.364. The van der Waals surface area contributed by atoms with Gasteiger partial charge in [-0.15, -0.1) is 0 Å². The largest absolute Gasteiger partial charge is 0.392 e. The fraction of sp³-hybridized carbons (Fsp3) is 0.650. The highest BCUT2D eigenvalue weighted by atomic mass is 16.3. The molecule has 1 rings (SSSR count). The van der Waals surface area contributed by atoms with E-state index >= 15 is 0 Å². The fourth-order valence-corrected chi connectivity index (χ4v) is 3.01. The Morgan fingerprint density at radius 1 is 1.00 bits per heavy atom. The number of amides is 1. The van der Waals surface area contributed by atoms with Gasteiger partial charge in [0, 0.05) is 0 Å². The van der Waals surface area contributed by atoms with Crippen LogP contribution in [0.3, 0.4) is 0 Å². The Hall–Kier alpha value is -1.35. The molecule has 0 saturated heterocycles. The van der Waals surface area contributed by atoms with Crippen LogP contribution in [0.25, 0.3) is 0 Å². The van der Waals surface area contributed by atoms with E-state index in [0.29, 0.717) is 12.8 Å². The van der Waals surface area contributed by atoms with Crippen LogP contribution in [0.1, 0.15) is 70.3 Å². The highest BCUT2D eigenvalue weighted by Crippen LogP contribution is 2.19. The first kappa shape index (κ1) is 19.7. The van der Waals surface area contributed by atoms with Gasteiger partial charge in [-0.3, -0.25) is 4.79 Å². The number of aliphatic hydroxyl groups excluding tert-OH is 1. The second kappa shape index (κ2) is 12.1. The first-order chi connectivity index (χ1) is 11.1. The predicted molar refractivity (Wildman–Crippen MR) is 96.1 cm³/mol. The molecule has 2 atom stereocenters. The van der Waals surface area contributed by atoms with Crippen LogP contribution in [0.15, 0.2) is 30.3 Å². The van der Waals surface area contributed by atoms with Crippen LogP contribution in [0, 0.1) is 5.92 Å². The van der Waals surface area contributed by atoms with Gasteiger partial charge in [0.2, 0.25) is 5.91 Å². The van der Waals surface area contributed by atoms with Gasteiger partial charge in [0.25, 0.3) is 0 Å². The third-order valence-electron chi connectivity index (χ3n) is 4.52. The molecule has 3 heteroatoms. The summed E-state index contributed by atoms with van der Waals surface area (Å²) >= 11 is 0. The number of aryl methyl sites for hydroxylation is 1. The van der Waals surface area contributed by atoms with E-state index in [4.69, 9.17) is 5.73 Å². The second-order valence-corrected chi connectivity index (χ2v) is 6.51. The van der Waals surface area contributed by atoms with E-state index in [0.717, 1.165) is 19.3 Å². The van der Waals surface area contributed by atoms with Gasteiger partial charge >= 0.3 is 0 Å². The van der Waals surface area contributed by atoms with Crippen LogP contribution < -0.4 is 5.73 Å². The summed E-state index contributed by atoms with van der Waals surface area (Å²) in [6, 6.07) is 10.1. The lowest BCUT2D eigenvalue weighted by Gasteiger charge is -2.20. The molecule has 0 fully saturated rings. The summed E-state index contributed by atoms with van der Waals surface area (Å²) in [5.74, 6) is -0.772. The molecule has 1 amide bonds. The molecule has 0 saturated carbocycles. The minimum Gasteiger partial charge on any atom is -0.392 e. The van der Waals surface area contributed by atoms with Crippen molar-refractivity contribution in [3.63, 3.8) is 0 Å². The third kappa shape index (κ3) is 8.75. The van der Waals surface area contributed by atoms with E-state index in [9.17, 15) is 9.90 Å². The van der Waals surface area contributed by atoms with Crippen LogP contribution in [-0.4, -0.2) is 17.1 Å². The lowest BCUT2D eigenvalue weighted by atomic mass is 9.90. The monoisotopic (exact) mass is 319 g/mol. The number of aliphatic hydroxyl groups is 1. The predicted octanol–water partition coefficient (Wildman–Crippen LogP) is 4.22. The van der Waals surface area contributed by atoms with Gasteiger partial charge in [0.05, 0.1) is 12.0 Å². The van der Waals surface area contributed by atoms with Crippen molar-refractivity contribution in [1.82, 2.24) is 0 Å². The van der Waals surface area contributed by atoms with E-state index in [1.165, 1.54) is 37.7 Å². The van der Waals surface area contributed by atoms with E-state index in [-0.39, 0.29) is 5.91 Å². The minimum atomic E-state index is -0.632. The van der Waals surface area contributed by atoms with Gasteiger partial charge in [0.1, 0.15) is 0 Å². The second-order valence-electron chi connectivity index (χ2n) is 6.51. The summed E-state index contributed by atoms with van der Waals surface area (Å²) in [7, 11) is 0. The van der Waals surface area contributed by atoms with E-state index in [1.54, 1.807) is 0 Å². The van der Waals surface area contributed by atoms with Gasteiger partial charge in [-0.25, -0.2) is 0 Å². The molecule has 1 aromatic rings. The standard InChI is InChI=1S/C20H33NO2/c1-2-3-4-5-6-7-11-14-18(20(21)23)19(22)16-15-17-12-9-8-10-13-17/h8-10,12-13,18-19,22H,2-7,11,14-16H2,1H3,(H2,21,23). The van der Waals surface area contributed by atoms with Crippen molar-refractivity contribution < 1.29 is 9.90 Å². The van der Waals surface area contributed by atoms with Crippen molar-refractivity contribution in [2.45, 2.75) is 77.2 Å². The van der Waals surface area contributed by atoms with Crippen LogP contribution >= 0.6 is 0 Å². The number of benzene rings is 1. The summed E-state index contributed by atoms with van der Waals surface area (Å²) < 4.78 is 0. The van der Waals surface area contributed by atoms with Crippen molar-refractivity contribution in [3.8, 4) is 0 Å². The van der Waals surface area contributed by atoms with E-state index < -0.39 is 12.0 Å². The Balaban J connectivity index is 2.26. The molecule has 0 heterocycles. The summed E-state index contributed by atoms with van der Waals surface area (Å²) in [6.07, 6.45) is 9.90. The highest BCUT2D eigenvalue weighted by molar-refractivity contribution is 5.77. The number of carbonyl (C=O) groups excluding carboxylic acids is 1. The molecule has 0 bridgehead atoms. The SMILES string of the molecule is CCCCCCCCCC(C(N)=O)C(O)CCc1ccccc1. The van der Waals surface area contributed by atoms with Crippen molar-refractivity contribution in [3.05, 3.63) is 35.9 Å². The third-order valence-corrected chi connectivity index (χ3v) is 4.52. The molecule has 3 nitrogen and oxygen atoms in total. The number of rotatable bonds is 13. The molecule has 0 radical (unpaired) electrons. The van der Waals surface area contributed by atoms with E-state index in [1.807, 2.05) is 30.3 Å². The molecule has 1 aromatic carbocycles. The van der Waals surface area contributed by atoms with Crippen molar-refractivity contribution in [1.29, 1.82) is 0 Å². The smallest absolute Gasteiger partial charge is 0.223 e. The molecule has 0 aromatic heterocycles. The average Bonchev–Trinajstić information content (AvgIpc) is 2.56. The molecular formula is C20H33NO2. The molecular weight excluding hydrogens is 286 g/mol. The molecule has 0 spiro atoms. The number of unbranched alkanes of at least 4 members (excludes halogenated alkanes) is 6. The zero-order valence-electron chi connectivity index (χ0n) is 14.5. The maximum absolute atomic E-state index is 11.6. The zero-order chi connectivity index (χ0) is 16.9. The van der Waals surface area contributed by atoms with Gasteiger partial charge < -0.3 is 10.8 Å². The lowest BCUT2D eigenvalue weighted by molar-refractivity contribution is -0.125. The van der Waals surface area contributed by atoms with Gasteiger partial charge in [-0.05, 0) is 24.8 Å². The van der Waals surface area contributed by atoms with Crippen molar-refractivity contribution in [2.75, 3.05) is 0 Å². The number of carbonyl (C=O) groups is 1. The molecule has 23 heavy (non-hydrogen) atoms. The molecule has 0 aliphatic heterocycles. The summed E-state index contributed by atoms with van der Waals surface area (Å²) in [5, 5.41) is 10.3.